The molecule has 0 aliphatic carbocycles. The van der Waals surface area contributed by atoms with Crippen LogP contribution in [0.1, 0.15) is 35.2 Å². The average Bonchev–Trinajstić information content (AvgIpc) is 2.69. The highest BCUT2D eigenvalue weighted by molar-refractivity contribution is 5.95. The number of likely N-dealkylation sites (tertiary alicyclic amines) is 1. The summed E-state index contributed by atoms with van der Waals surface area (Å²) in [7, 11) is 0. The molecule has 5 N–H and O–H groups in total. The summed E-state index contributed by atoms with van der Waals surface area (Å²) in [5.74, 6) is 0.674. The summed E-state index contributed by atoms with van der Waals surface area (Å²) >= 11 is 0. The van der Waals surface area contributed by atoms with Crippen LogP contribution in [0.3, 0.4) is 0 Å². The van der Waals surface area contributed by atoms with E-state index in [0.717, 1.165) is 31.7 Å². The molecule has 0 bridgehead atoms. The number of nitrogens with zero attached hydrogens (tertiary/aromatic N) is 3. The van der Waals surface area contributed by atoms with Gasteiger partial charge in [-0.2, -0.15) is 0 Å². The summed E-state index contributed by atoms with van der Waals surface area (Å²) in [6.07, 6.45) is 5.28. The number of anilines is 3. The minimum Gasteiger partial charge on any atom is -0.393 e. The van der Waals surface area contributed by atoms with Crippen LogP contribution in [0.4, 0.5) is 17.3 Å². The van der Waals surface area contributed by atoms with E-state index in [2.05, 4.69) is 31.0 Å². The normalized spacial score (nSPS) is 14.6. The summed E-state index contributed by atoms with van der Waals surface area (Å²) in [4.78, 5) is 22.9. The Labute approximate surface area is 159 Å². The minimum absolute atomic E-state index is 0.257. The highest BCUT2D eigenvalue weighted by Crippen LogP contribution is 2.21. The molecule has 27 heavy (non-hydrogen) atoms. The second kappa shape index (κ2) is 9.18. The van der Waals surface area contributed by atoms with E-state index >= 15 is 0 Å². The summed E-state index contributed by atoms with van der Waals surface area (Å²) in [6.45, 7) is 5.99. The molecule has 8 heteroatoms. The SMILES string of the molecule is Cc1ccc(C(=O)NNc2ncnc(NCCN3CCCCC3)c2N)cc1. The first-order valence-electron chi connectivity index (χ1n) is 9.33. The molecule has 0 saturated carbocycles. The lowest BCUT2D eigenvalue weighted by Gasteiger charge is -2.26. The lowest BCUT2D eigenvalue weighted by Crippen LogP contribution is -2.34. The highest BCUT2D eigenvalue weighted by atomic mass is 16.2. The van der Waals surface area contributed by atoms with Crippen molar-refractivity contribution < 1.29 is 4.79 Å². The number of piperidine rings is 1. The standard InChI is InChI=1S/C19H27N7O/c1-14-5-7-15(8-6-14)19(27)25-24-18-16(20)17(22-13-23-18)21-9-12-26-10-3-2-4-11-26/h5-8,13H,2-4,9-12,20H2,1H3,(H,25,27)(H2,21,22,23,24). The van der Waals surface area contributed by atoms with Gasteiger partial charge in [-0.1, -0.05) is 24.1 Å². The van der Waals surface area contributed by atoms with Crippen molar-refractivity contribution in [2.45, 2.75) is 26.2 Å². The molecule has 0 radical (unpaired) electrons. The lowest BCUT2D eigenvalue weighted by molar-refractivity contribution is 0.0962. The predicted molar refractivity (Wildman–Crippen MR) is 107 cm³/mol. The van der Waals surface area contributed by atoms with Crippen molar-refractivity contribution in [1.29, 1.82) is 0 Å². The smallest absolute Gasteiger partial charge is 0.269 e. The van der Waals surface area contributed by atoms with Gasteiger partial charge < -0.3 is 16.0 Å². The first-order valence-corrected chi connectivity index (χ1v) is 9.33. The third kappa shape index (κ3) is 5.30. The molecular formula is C19H27N7O. The van der Waals surface area contributed by atoms with Crippen molar-refractivity contribution in [1.82, 2.24) is 20.3 Å². The Morgan fingerprint density at radius 1 is 1.11 bits per heavy atom. The molecule has 1 aliphatic heterocycles. The van der Waals surface area contributed by atoms with E-state index in [-0.39, 0.29) is 5.91 Å². The quantitative estimate of drug-likeness (QED) is 0.553. The van der Waals surface area contributed by atoms with E-state index in [4.69, 9.17) is 5.73 Å². The van der Waals surface area contributed by atoms with Crippen LogP contribution in [0.2, 0.25) is 0 Å². The van der Waals surface area contributed by atoms with Gasteiger partial charge in [-0.25, -0.2) is 9.97 Å². The van der Waals surface area contributed by atoms with Crippen LogP contribution >= 0.6 is 0 Å². The first kappa shape index (κ1) is 18.9. The second-order valence-electron chi connectivity index (χ2n) is 6.76. The number of rotatable bonds is 7. The highest BCUT2D eigenvalue weighted by Gasteiger charge is 2.12. The van der Waals surface area contributed by atoms with Crippen LogP contribution in [0, 0.1) is 6.92 Å². The molecule has 2 heterocycles. The predicted octanol–water partition coefficient (Wildman–Crippen LogP) is 2.02. The Morgan fingerprint density at radius 2 is 1.81 bits per heavy atom. The molecule has 1 aromatic heterocycles. The van der Waals surface area contributed by atoms with Crippen molar-refractivity contribution >= 4 is 23.2 Å². The van der Waals surface area contributed by atoms with Gasteiger partial charge in [-0.05, 0) is 45.0 Å². The molecule has 0 spiro atoms. The van der Waals surface area contributed by atoms with Crippen molar-refractivity contribution in [2.75, 3.05) is 42.7 Å². The molecule has 144 valence electrons. The molecule has 1 fully saturated rings. The number of hydrazine groups is 1. The number of aryl methyl sites for hydroxylation is 1. The Morgan fingerprint density at radius 3 is 2.56 bits per heavy atom. The van der Waals surface area contributed by atoms with Gasteiger partial charge >= 0.3 is 0 Å². The van der Waals surface area contributed by atoms with Crippen LogP contribution in [0.25, 0.3) is 0 Å². The maximum Gasteiger partial charge on any atom is 0.269 e. The number of carbonyl (C=O) groups excluding carboxylic acids is 1. The number of carbonyl (C=O) groups is 1. The Hall–Kier alpha value is -2.87. The maximum atomic E-state index is 12.2. The number of hydrogen-bond acceptors (Lipinski definition) is 7. The fourth-order valence-electron chi connectivity index (χ4n) is 3.04. The number of nitrogen functional groups attached to an aromatic ring is 1. The molecule has 1 aliphatic rings. The van der Waals surface area contributed by atoms with Crippen LogP contribution < -0.4 is 21.9 Å². The van der Waals surface area contributed by atoms with E-state index in [1.54, 1.807) is 12.1 Å². The molecule has 8 nitrogen and oxygen atoms in total. The van der Waals surface area contributed by atoms with Crippen molar-refractivity contribution in [3.63, 3.8) is 0 Å². The van der Waals surface area contributed by atoms with E-state index in [1.165, 1.54) is 25.6 Å². The Balaban J connectivity index is 1.52. The molecule has 1 saturated heterocycles. The van der Waals surface area contributed by atoms with Gasteiger partial charge in [0.1, 0.15) is 12.0 Å². The van der Waals surface area contributed by atoms with Crippen LogP contribution in [-0.2, 0) is 0 Å². The van der Waals surface area contributed by atoms with Gasteiger partial charge in [-0.3, -0.25) is 15.6 Å². The van der Waals surface area contributed by atoms with Crippen molar-refractivity contribution in [3.8, 4) is 0 Å². The van der Waals surface area contributed by atoms with E-state index in [1.807, 2.05) is 19.1 Å². The fraction of sp³-hybridized carbons (Fsp3) is 0.421. The first-order chi connectivity index (χ1) is 13.1. The van der Waals surface area contributed by atoms with Crippen molar-refractivity contribution in [2.24, 2.45) is 0 Å². The Bertz CT molecular complexity index is 757. The van der Waals surface area contributed by atoms with E-state index in [9.17, 15) is 4.79 Å². The summed E-state index contributed by atoms with van der Waals surface area (Å²) in [6, 6.07) is 7.31. The van der Waals surface area contributed by atoms with Gasteiger partial charge in [-0.15, -0.1) is 0 Å². The molecule has 1 aromatic carbocycles. The summed E-state index contributed by atoms with van der Waals surface area (Å²) in [5.41, 5.74) is 13.6. The number of benzene rings is 1. The molecule has 3 rings (SSSR count). The number of nitrogens with two attached hydrogens (primary N) is 1. The third-order valence-corrected chi connectivity index (χ3v) is 4.66. The average molecular weight is 369 g/mol. The topological polar surface area (TPSA) is 108 Å². The van der Waals surface area contributed by atoms with Gasteiger partial charge in [0.25, 0.3) is 5.91 Å². The van der Waals surface area contributed by atoms with Gasteiger partial charge in [0.2, 0.25) is 0 Å². The van der Waals surface area contributed by atoms with E-state index < -0.39 is 0 Å². The summed E-state index contributed by atoms with van der Waals surface area (Å²) in [5, 5.41) is 3.26. The zero-order valence-electron chi connectivity index (χ0n) is 15.7. The molecular weight excluding hydrogens is 342 g/mol. The number of amides is 1. The summed E-state index contributed by atoms with van der Waals surface area (Å²) < 4.78 is 0. The molecule has 2 aromatic rings. The second-order valence-corrected chi connectivity index (χ2v) is 6.76. The lowest BCUT2D eigenvalue weighted by atomic mass is 10.1. The van der Waals surface area contributed by atoms with Gasteiger partial charge in [0.15, 0.2) is 11.6 Å². The number of aromatic nitrogens is 2. The Kier molecular flexibility index (Phi) is 6.43. The molecule has 0 unspecified atom stereocenters. The largest absolute Gasteiger partial charge is 0.393 e. The third-order valence-electron chi connectivity index (χ3n) is 4.66. The van der Waals surface area contributed by atoms with Gasteiger partial charge in [0, 0.05) is 18.7 Å². The maximum absolute atomic E-state index is 12.2. The zero-order valence-corrected chi connectivity index (χ0v) is 15.7. The zero-order chi connectivity index (χ0) is 19.1. The molecule has 0 atom stereocenters. The fourth-order valence-corrected chi connectivity index (χ4v) is 3.04. The number of hydrogen-bond donors (Lipinski definition) is 4. The minimum atomic E-state index is -0.257. The monoisotopic (exact) mass is 369 g/mol. The number of nitrogens with one attached hydrogen (secondary N) is 3. The van der Waals surface area contributed by atoms with Crippen LogP contribution in [0.5, 0.6) is 0 Å². The molecule has 1 amide bonds. The van der Waals surface area contributed by atoms with Gasteiger partial charge in [0.05, 0.1) is 0 Å². The van der Waals surface area contributed by atoms with Crippen LogP contribution in [0.15, 0.2) is 30.6 Å². The van der Waals surface area contributed by atoms with E-state index in [0.29, 0.717) is 22.9 Å². The van der Waals surface area contributed by atoms with Crippen LogP contribution in [-0.4, -0.2) is 47.0 Å². The van der Waals surface area contributed by atoms with Crippen molar-refractivity contribution in [3.05, 3.63) is 41.7 Å².